The average Bonchev–Trinajstić information content (AvgIpc) is 2.96. The summed E-state index contributed by atoms with van der Waals surface area (Å²) in [5.41, 5.74) is 2.09. The Morgan fingerprint density at radius 2 is 1.29 bits per heavy atom. The quantitative estimate of drug-likeness (QED) is 0.637. The van der Waals surface area contributed by atoms with Gasteiger partial charge in [0.25, 0.3) is 20.0 Å². The van der Waals surface area contributed by atoms with Crippen LogP contribution in [0.3, 0.4) is 0 Å². The molecule has 0 aliphatic heterocycles. The van der Waals surface area contributed by atoms with Gasteiger partial charge in [-0.3, -0.25) is 14.1 Å². The van der Waals surface area contributed by atoms with Gasteiger partial charge in [0.15, 0.2) is 0 Å². The number of nitrogens with one attached hydrogen (secondary N) is 2. The first-order chi connectivity index (χ1) is 13.1. The molecule has 8 nitrogen and oxygen atoms in total. The summed E-state index contributed by atoms with van der Waals surface area (Å²) in [6.45, 7) is 3.53. The van der Waals surface area contributed by atoms with Crippen LogP contribution in [0.2, 0.25) is 0 Å². The van der Waals surface area contributed by atoms with Gasteiger partial charge in [-0.15, -0.1) is 0 Å². The minimum Gasteiger partial charge on any atom is -0.280 e. The van der Waals surface area contributed by atoms with Crippen molar-refractivity contribution in [2.24, 2.45) is 7.05 Å². The summed E-state index contributed by atoms with van der Waals surface area (Å²) in [6, 6.07) is 12.4. The number of nitrogens with zero attached hydrogens (tertiary/aromatic N) is 2. The highest BCUT2D eigenvalue weighted by atomic mass is 32.2. The Morgan fingerprint density at radius 3 is 1.75 bits per heavy atom. The van der Waals surface area contributed by atoms with Crippen LogP contribution in [0.1, 0.15) is 11.3 Å². The molecular weight excluding hydrogens is 400 g/mol. The number of aryl methyl sites for hydroxylation is 2. The molecule has 2 aromatic carbocycles. The van der Waals surface area contributed by atoms with E-state index in [0.29, 0.717) is 17.1 Å². The van der Waals surface area contributed by atoms with E-state index in [-0.39, 0.29) is 9.79 Å². The van der Waals surface area contributed by atoms with E-state index in [1.54, 1.807) is 26.1 Å². The van der Waals surface area contributed by atoms with E-state index >= 15 is 0 Å². The van der Waals surface area contributed by atoms with Crippen molar-refractivity contribution in [1.29, 1.82) is 0 Å². The highest BCUT2D eigenvalue weighted by molar-refractivity contribution is 7.93. The van der Waals surface area contributed by atoms with E-state index in [2.05, 4.69) is 14.5 Å². The molecule has 0 amide bonds. The Balaban J connectivity index is 1.76. The zero-order chi connectivity index (χ0) is 20.5. The molecule has 0 saturated heterocycles. The number of sulfonamides is 2. The lowest BCUT2D eigenvalue weighted by Gasteiger charge is -2.11. The molecule has 0 atom stereocenters. The van der Waals surface area contributed by atoms with Crippen LogP contribution < -0.4 is 9.44 Å². The van der Waals surface area contributed by atoms with Crippen LogP contribution in [0.15, 0.2) is 64.5 Å². The molecule has 2 N–H and O–H groups in total. The van der Waals surface area contributed by atoms with E-state index in [9.17, 15) is 16.8 Å². The van der Waals surface area contributed by atoms with Crippen molar-refractivity contribution < 1.29 is 16.8 Å². The SMILES string of the molecule is Cc1ccc(S(=O)(=O)Nc2ccc(NS(=O)(=O)c3cnn(C)c3C)cc2)cc1. The molecule has 1 heterocycles. The maximum absolute atomic E-state index is 12.5. The van der Waals surface area contributed by atoms with Gasteiger partial charge < -0.3 is 0 Å². The first kappa shape index (κ1) is 19.9. The van der Waals surface area contributed by atoms with E-state index in [1.807, 2.05) is 6.92 Å². The molecular formula is C18H20N4O4S2. The van der Waals surface area contributed by atoms with Crippen LogP contribution in [0.25, 0.3) is 0 Å². The van der Waals surface area contributed by atoms with Crippen molar-refractivity contribution in [3.63, 3.8) is 0 Å². The lowest BCUT2D eigenvalue weighted by atomic mass is 10.2. The smallest absolute Gasteiger partial charge is 0.265 e. The zero-order valence-corrected chi connectivity index (χ0v) is 17.2. The zero-order valence-electron chi connectivity index (χ0n) is 15.5. The van der Waals surface area contributed by atoms with Gasteiger partial charge in [0.2, 0.25) is 0 Å². The molecule has 28 heavy (non-hydrogen) atoms. The topological polar surface area (TPSA) is 110 Å². The van der Waals surface area contributed by atoms with Crippen LogP contribution in [-0.4, -0.2) is 26.6 Å². The van der Waals surface area contributed by atoms with Gasteiger partial charge in [0.05, 0.1) is 16.8 Å². The highest BCUT2D eigenvalue weighted by Gasteiger charge is 2.20. The van der Waals surface area contributed by atoms with Gasteiger partial charge in [-0.2, -0.15) is 5.10 Å². The van der Waals surface area contributed by atoms with Gasteiger partial charge in [-0.1, -0.05) is 17.7 Å². The van der Waals surface area contributed by atoms with E-state index in [4.69, 9.17) is 0 Å². The van der Waals surface area contributed by atoms with Gasteiger partial charge in [-0.05, 0) is 50.2 Å². The van der Waals surface area contributed by atoms with Crippen molar-refractivity contribution >= 4 is 31.4 Å². The fourth-order valence-corrected chi connectivity index (χ4v) is 4.81. The first-order valence-electron chi connectivity index (χ1n) is 8.29. The monoisotopic (exact) mass is 420 g/mol. The van der Waals surface area contributed by atoms with E-state index in [1.165, 1.54) is 47.3 Å². The maximum atomic E-state index is 12.5. The maximum Gasteiger partial charge on any atom is 0.265 e. The summed E-state index contributed by atoms with van der Waals surface area (Å²) >= 11 is 0. The third-order valence-electron chi connectivity index (χ3n) is 4.20. The van der Waals surface area contributed by atoms with E-state index < -0.39 is 20.0 Å². The number of rotatable bonds is 6. The Labute approximate surface area is 164 Å². The standard InChI is InChI=1S/C18H20N4O4S2/c1-13-4-10-17(11-5-13)27(23,24)20-15-6-8-16(9-7-15)21-28(25,26)18-12-19-22(3)14(18)2/h4-12,20-21H,1-3H3. The molecule has 3 aromatic rings. The molecule has 0 aliphatic rings. The lowest BCUT2D eigenvalue weighted by Crippen LogP contribution is -2.14. The Kier molecular flexibility index (Phi) is 5.18. The first-order valence-corrected chi connectivity index (χ1v) is 11.3. The predicted octanol–water partition coefficient (Wildman–Crippen LogP) is 2.64. The van der Waals surface area contributed by atoms with Gasteiger partial charge in [0.1, 0.15) is 4.90 Å². The summed E-state index contributed by atoms with van der Waals surface area (Å²) in [4.78, 5) is 0.231. The third kappa shape index (κ3) is 4.18. The lowest BCUT2D eigenvalue weighted by molar-refractivity contribution is 0.598. The van der Waals surface area contributed by atoms with Gasteiger partial charge in [-0.25, -0.2) is 16.8 Å². The number of anilines is 2. The van der Waals surface area contributed by atoms with Crippen LogP contribution in [0.4, 0.5) is 11.4 Å². The van der Waals surface area contributed by atoms with Crippen molar-refractivity contribution in [1.82, 2.24) is 9.78 Å². The number of benzene rings is 2. The molecule has 0 saturated carbocycles. The molecule has 148 valence electrons. The Hall–Kier alpha value is -2.85. The largest absolute Gasteiger partial charge is 0.280 e. The predicted molar refractivity (Wildman–Crippen MR) is 107 cm³/mol. The van der Waals surface area contributed by atoms with Crippen molar-refractivity contribution in [2.45, 2.75) is 23.6 Å². The van der Waals surface area contributed by atoms with E-state index in [0.717, 1.165) is 5.56 Å². The molecule has 0 bridgehead atoms. The second-order valence-corrected chi connectivity index (χ2v) is 9.65. The Bertz CT molecular complexity index is 1200. The molecule has 0 aliphatic carbocycles. The minimum atomic E-state index is -3.79. The minimum absolute atomic E-state index is 0.0825. The fraction of sp³-hybridized carbons (Fsp3) is 0.167. The fourth-order valence-electron chi connectivity index (χ4n) is 2.49. The van der Waals surface area contributed by atoms with Gasteiger partial charge >= 0.3 is 0 Å². The molecule has 3 rings (SSSR count). The normalized spacial score (nSPS) is 12.0. The number of hydrogen-bond donors (Lipinski definition) is 2. The molecule has 10 heteroatoms. The van der Waals surface area contributed by atoms with Crippen LogP contribution in [0, 0.1) is 13.8 Å². The summed E-state index contributed by atoms with van der Waals surface area (Å²) in [6.07, 6.45) is 1.28. The van der Waals surface area contributed by atoms with Crippen LogP contribution >= 0.6 is 0 Å². The molecule has 0 fully saturated rings. The summed E-state index contributed by atoms with van der Waals surface area (Å²) < 4.78 is 56.2. The third-order valence-corrected chi connectivity index (χ3v) is 7.08. The average molecular weight is 421 g/mol. The second-order valence-electron chi connectivity index (χ2n) is 6.32. The summed E-state index contributed by atoms with van der Waals surface area (Å²) in [5.74, 6) is 0. The molecule has 0 unspecified atom stereocenters. The highest BCUT2D eigenvalue weighted by Crippen LogP contribution is 2.22. The number of aromatic nitrogens is 2. The van der Waals surface area contributed by atoms with Gasteiger partial charge in [0, 0.05) is 18.4 Å². The summed E-state index contributed by atoms with van der Waals surface area (Å²) in [5, 5.41) is 3.93. The molecule has 0 radical (unpaired) electrons. The van der Waals surface area contributed by atoms with Crippen molar-refractivity contribution in [3.05, 3.63) is 66.0 Å². The summed E-state index contributed by atoms with van der Waals surface area (Å²) in [7, 11) is -5.86. The molecule has 1 aromatic heterocycles. The van der Waals surface area contributed by atoms with Crippen LogP contribution in [0.5, 0.6) is 0 Å². The van der Waals surface area contributed by atoms with Crippen molar-refractivity contribution in [3.8, 4) is 0 Å². The van der Waals surface area contributed by atoms with Crippen LogP contribution in [-0.2, 0) is 27.1 Å². The molecule has 0 spiro atoms. The van der Waals surface area contributed by atoms with Crippen molar-refractivity contribution in [2.75, 3.05) is 9.44 Å². The number of hydrogen-bond acceptors (Lipinski definition) is 5. The Morgan fingerprint density at radius 1 is 0.786 bits per heavy atom. The second kappa shape index (κ2) is 7.28.